The molecule has 0 atom stereocenters. The first-order valence-corrected chi connectivity index (χ1v) is 5.62. The zero-order valence-electron chi connectivity index (χ0n) is 8.13. The Bertz CT molecular complexity index is 434. The third-order valence-corrected chi connectivity index (χ3v) is 2.91. The van der Waals surface area contributed by atoms with Crippen molar-refractivity contribution in [3.05, 3.63) is 58.3 Å². The van der Waals surface area contributed by atoms with Crippen LogP contribution in [-0.4, -0.2) is 10.9 Å². The molecule has 0 radical (unpaired) electrons. The Labute approximate surface area is 92.5 Å². The quantitative estimate of drug-likeness (QED) is 0.478. The summed E-state index contributed by atoms with van der Waals surface area (Å²) in [5.74, 6) is 0. The van der Waals surface area contributed by atoms with E-state index >= 15 is 0 Å². The van der Waals surface area contributed by atoms with E-state index in [9.17, 15) is 0 Å². The summed E-state index contributed by atoms with van der Waals surface area (Å²) in [7, 11) is 0. The lowest BCUT2D eigenvalue weighted by Crippen LogP contribution is -2.04. The van der Waals surface area contributed by atoms with Crippen LogP contribution in [0.5, 0.6) is 0 Å². The van der Waals surface area contributed by atoms with Crippen molar-refractivity contribution in [3.8, 4) is 0 Å². The van der Waals surface area contributed by atoms with Gasteiger partial charge in [-0.1, -0.05) is 35.5 Å². The standard InChI is InChI=1S/C12H11NOS/c14-13-12(8-10-6-7-15-9-10)11-4-2-1-3-5-11/h1-7,9,14H,8H2/b13-12-. The Morgan fingerprint density at radius 3 is 2.60 bits per heavy atom. The molecule has 1 heterocycles. The first-order valence-electron chi connectivity index (χ1n) is 4.67. The predicted molar refractivity (Wildman–Crippen MR) is 62.8 cm³/mol. The maximum Gasteiger partial charge on any atom is 0.0911 e. The van der Waals surface area contributed by atoms with Gasteiger partial charge in [-0.3, -0.25) is 0 Å². The van der Waals surface area contributed by atoms with Crippen molar-refractivity contribution in [2.45, 2.75) is 6.42 Å². The summed E-state index contributed by atoms with van der Waals surface area (Å²) in [5, 5.41) is 16.4. The second-order valence-corrected chi connectivity index (χ2v) is 4.00. The topological polar surface area (TPSA) is 32.6 Å². The van der Waals surface area contributed by atoms with Crippen molar-refractivity contribution >= 4 is 17.0 Å². The molecule has 1 aromatic carbocycles. The zero-order chi connectivity index (χ0) is 10.5. The minimum absolute atomic E-state index is 0.671. The van der Waals surface area contributed by atoms with E-state index in [1.165, 1.54) is 5.56 Å². The van der Waals surface area contributed by atoms with E-state index in [1.54, 1.807) is 11.3 Å². The van der Waals surface area contributed by atoms with Gasteiger partial charge in [-0.2, -0.15) is 11.3 Å². The van der Waals surface area contributed by atoms with Crippen LogP contribution in [0.2, 0.25) is 0 Å². The molecule has 0 spiro atoms. The van der Waals surface area contributed by atoms with Gasteiger partial charge < -0.3 is 5.21 Å². The molecule has 3 heteroatoms. The van der Waals surface area contributed by atoms with E-state index in [-0.39, 0.29) is 0 Å². The predicted octanol–water partition coefficient (Wildman–Crippen LogP) is 3.17. The normalized spacial score (nSPS) is 11.6. The van der Waals surface area contributed by atoms with Crippen molar-refractivity contribution in [3.63, 3.8) is 0 Å². The zero-order valence-corrected chi connectivity index (χ0v) is 8.95. The highest BCUT2D eigenvalue weighted by Gasteiger charge is 2.05. The monoisotopic (exact) mass is 217 g/mol. The fourth-order valence-corrected chi connectivity index (χ4v) is 2.08. The number of hydrogen-bond donors (Lipinski definition) is 1. The van der Waals surface area contributed by atoms with Gasteiger partial charge in [0.15, 0.2) is 0 Å². The molecule has 1 N–H and O–H groups in total. The average molecular weight is 217 g/mol. The molecular weight excluding hydrogens is 206 g/mol. The minimum atomic E-state index is 0.671. The summed E-state index contributed by atoms with van der Waals surface area (Å²) >= 11 is 1.65. The van der Waals surface area contributed by atoms with E-state index in [4.69, 9.17) is 5.21 Å². The number of nitrogens with zero attached hydrogens (tertiary/aromatic N) is 1. The van der Waals surface area contributed by atoms with Crippen molar-refractivity contribution in [1.29, 1.82) is 0 Å². The highest BCUT2D eigenvalue weighted by atomic mass is 32.1. The lowest BCUT2D eigenvalue weighted by atomic mass is 10.0. The lowest BCUT2D eigenvalue weighted by Gasteiger charge is -2.02. The molecule has 0 bridgehead atoms. The van der Waals surface area contributed by atoms with Gasteiger partial charge in [-0.15, -0.1) is 0 Å². The van der Waals surface area contributed by atoms with Crippen LogP contribution in [0.3, 0.4) is 0 Å². The molecule has 76 valence electrons. The Balaban J connectivity index is 2.20. The highest BCUT2D eigenvalue weighted by molar-refractivity contribution is 7.08. The maximum absolute atomic E-state index is 8.97. The smallest absolute Gasteiger partial charge is 0.0911 e. The van der Waals surface area contributed by atoms with Gasteiger partial charge in [-0.25, -0.2) is 0 Å². The van der Waals surface area contributed by atoms with Gasteiger partial charge in [0.1, 0.15) is 0 Å². The van der Waals surface area contributed by atoms with Gasteiger partial charge in [0, 0.05) is 6.42 Å². The van der Waals surface area contributed by atoms with E-state index in [2.05, 4.69) is 10.5 Å². The second kappa shape index (κ2) is 4.75. The molecule has 15 heavy (non-hydrogen) atoms. The number of thiophene rings is 1. The largest absolute Gasteiger partial charge is 0.411 e. The molecule has 0 aliphatic rings. The molecule has 0 aliphatic heterocycles. The van der Waals surface area contributed by atoms with Crippen LogP contribution in [-0.2, 0) is 6.42 Å². The Hall–Kier alpha value is -1.61. The molecule has 0 unspecified atom stereocenters. The van der Waals surface area contributed by atoms with Gasteiger partial charge in [0.05, 0.1) is 5.71 Å². The van der Waals surface area contributed by atoms with Gasteiger partial charge in [0.2, 0.25) is 0 Å². The van der Waals surface area contributed by atoms with Gasteiger partial charge >= 0.3 is 0 Å². The molecule has 0 fully saturated rings. The first-order chi connectivity index (χ1) is 7.40. The molecule has 1 aromatic heterocycles. The lowest BCUT2D eigenvalue weighted by molar-refractivity contribution is 0.318. The van der Waals surface area contributed by atoms with E-state index in [0.29, 0.717) is 12.1 Å². The summed E-state index contributed by atoms with van der Waals surface area (Å²) in [5.41, 5.74) is 2.84. The van der Waals surface area contributed by atoms with Crippen LogP contribution in [0.4, 0.5) is 0 Å². The second-order valence-electron chi connectivity index (χ2n) is 3.22. The minimum Gasteiger partial charge on any atom is -0.411 e. The highest BCUT2D eigenvalue weighted by Crippen LogP contribution is 2.11. The number of hydrogen-bond acceptors (Lipinski definition) is 3. The van der Waals surface area contributed by atoms with Crippen LogP contribution >= 0.6 is 11.3 Å². The van der Waals surface area contributed by atoms with Crippen molar-refractivity contribution in [2.75, 3.05) is 0 Å². The molecular formula is C12H11NOS. The Kier molecular flexibility index (Phi) is 3.15. The van der Waals surface area contributed by atoms with E-state index in [1.807, 2.05) is 41.8 Å². The van der Waals surface area contributed by atoms with E-state index in [0.717, 1.165) is 5.56 Å². The fraction of sp³-hybridized carbons (Fsp3) is 0.0833. The van der Waals surface area contributed by atoms with Gasteiger partial charge in [-0.05, 0) is 28.0 Å². The van der Waals surface area contributed by atoms with Crippen molar-refractivity contribution < 1.29 is 5.21 Å². The maximum atomic E-state index is 8.97. The molecule has 0 saturated carbocycles. The van der Waals surface area contributed by atoms with Crippen LogP contribution in [0, 0.1) is 0 Å². The van der Waals surface area contributed by atoms with Crippen LogP contribution in [0.15, 0.2) is 52.3 Å². The van der Waals surface area contributed by atoms with Crippen LogP contribution in [0.1, 0.15) is 11.1 Å². The summed E-state index contributed by atoms with van der Waals surface area (Å²) in [6, 6.07) is 11.8. The average Bonchev–Trinajstić information content (AvgIpc) is 2.80. The summed E-state index contributed by atoms with van der Waals surface area (Å²) < 4.78 is 0. The summed E-state index contributed by atoms with van der Waals surface area (Å²) in [6.07, 6.45) is 0.671. The first kappa shape index (κ1) is 9.93. The summed E-state index contributed by atoms with van der Waals surface area (Å²) in [4.78, 5) is 0. The van der Waals surface area contributed by atoms with E-state index < -0.39 is 0 Å². The molecule has 0 amide bonds. The van der Waals surface area contributed by atoms with Crippen molar-refractivity contribution in [2.24, 2.45) is 5.16 Å². The Morgan fingerprint density at radius 2 is 2.00 bits per heavy atom. The van der Waals surface area contributed by atoms with Crippen LogP contribution in [0.25, 0.3) is 0 Å². The molecule has 2 rings (SSSR count). The van der Waals surface area contributed by atoms with Crippen molar-refractivity contribution in [1.82, 2.24) is 0 Å². The number of benzene rings is 1. The molecule has 2 nitrogen and oxygen atoms in total. The SMILES string of the molecule is O/N=C(/Cc1ccsc1)c1ccccc1. The van der Waals surface area contributed by atoms with Crippen LogP contribution < -0.4 is 0 Å². The third kappa shape index (κ3) is 2.44. The van der Waals surface area contributed by atoms with Gasteiger partial charge in [0.25, 0.3) is 0 Å². The molecule has 2 aromatic rings. The number of oxime groups is 1. The molecule has 0 aliphatic carbocycles. The third-order valence-electron chi connectivity index (χ3n) is 2.18. The fourth-order valence-electron chi connectivity index (χ4n) is 1.41. The Morgan fingerprint density at radius 1 is 1.20 bits per heavy atom. The number of rotatable bonds is 3. The molecule has 0 saturated heterocycles. The summed E-state index contributed by atoms with van der Waals surface area (Å²) in [6.45, 7) is 0.